The third kappa shape index (κ3) is 3.31. The maximum Gasteiger partial charge on any atom is 0.272 e. The number of hydrogen-bond donors (Lipinski definition) is 0. The minimum absolute atomic E-state index is 0.0862. The summed E-state index contributed by atoms with van der Waals surface area (Å²) in [5.41, 5.74) is 0.157. The number of carbonyl (C=O) groups is 1. The van der Waals surface area contributed by atoms with Crippen LogP contribution in [0.2, 0.25) is 0 Å². The molecule has 0 amide bonds. The first-order valence-corrected chi connectivity index (χ1v) is 4.55. The largest absolute Gasteiger partial charge is 0.487 e. The lowest BCUT2D eigenvalue weighted by Gasteiger charge is -2.08. The molecule has 0 fully saturated rings. The number of rotatable bonds is 5. The van der Waals surface area contributed by atoms with E-state index in [0.717, 1.165) is 0 Å². The van der Waals surface area contributed by atoms with Crippen molar-refractivity contribution in [3.05, 3.63) is 29.8 Å². The number of para-hydroxylation sites is 1. The van der Waals surface area contributed by atoms with E-state index in [2.05, 4.69) is 0 Å². The highest BCUT2D eigenvalue weighted by molar-refractivity contribution is 5.99. The first kappa shape index (κ1) is 12.1. The highest BCUT2D eigenvalue weighted by Crippen LogP contribution is 2.20. The normalized spacial score (nSPS) is 9.88. The Morgan fingerprint density at radius 3 is 2.75 bits per heavy atom. The third-order valence-corrected chi connectivity index (χ3v) is 1.79. The molecule has 0 aliphatic heterocycles. The molecule has 0 saturated carbocycles. The molecule has 0 saturated heterocycles. The lowest BCUT2D eigenvalue weighted by molar-refractivity contribution is 0.0801. The quantitative estimate of drug-likeness (QED) is 0.723. The summed E-state index contributed by atoms with van der Waals surface area (Å²) in [4.78, 5) is 11.4. The fourth-order valence-electron chi connectivity index (χ4n) is 1.14. The summed E-state index contributed by atoms with van der Waals surface area (Å²) in [5.74, 6) is -0.351. The van der Waals surface area contributed by atoms with Gasteiger partial charge in [-0.2, -0.15) is 5.26 Å². The zero-order chi connectivity index (χ0) is 12.0. The van der Waals surface area contributed by atoms with Gasteiger partial charge in [-0.15, -0.1) is 0 Å². The molecule has 0 N–H and O–H groups in total. The third-order valence-electron chi connectivity index (χ3n) is 1.79. The van der Waals surface area contributed by atoms with Gasteiger partial charge in [0.1, 0.15) is 12.4 Å². The Labute approximate surface area is 91.3 Å². The fourth-order valence-corrected chi connectivity index (χ4v) is 1.14. The van der Waals surface area contributed by atoms with Gasteiger partial charge in [0.05, 0.1) is 18.1 Å². The molecule has 0 aliphatic rings. The molecule has 0 aliphatic carbocycles. The van der Waals surface area contributed by atoms with Crippen molar-refractivity contribution in [2.75, 3.05) is 6.61 Å². The molecule has 1 rings (SSSR count). The number of hydrogen-bond acceptors (Lipinski definition) is 3. The SMILES string of the molecule is N#CCC(=O)c1ccccc1OCC(F)F. The van der Waals surface area contributed by atoms with Crippen molar-refractivity contribution in [3.8, 4) is 11.8 Å². The molecule has 0 spiro atoms. The first-order chi connectivity index (χ1) is 7.65. The smallest absolute Gasteiger partial charge is 0.272 e. The van der Waals surface area contributed by atoms with Crippen LogP contribution < -0.4 is 4.74 Å². The molecular weight excluding hydrogens is 216 g/mol. The minimum atomic E-state index is -2.60. The Hall–Kier alpha value is -1.96. The molecule has 1 aromatic rings. The van der Waals surface area contributed by atoms with Gasteiger partial charge in [0.15, 0.2) is 5.78 Å². The molecule has 3 nitrogen and oxygen atoms in total. The summed E-state index contributed by atoms with van der Waals surface area (Å²) in [6.45, 7) is -0.767. The Bertz CT molecular complexity index is 413. The van der Waals surface area contributed by atoms with Crippen LogP contribution in [0.4, 0.5) is 8.78 Å². The molecule has 0 unspecified atom stereocenters. The van der Waals surface area contributed by atoms with Gasteiger partial charge in [0.2, 0.25) is 0 Å². The van der Waals surface area contributed by atoms with E-state index in [1.165, 1.54) is 12.1 Å². The van der Waals surface area contributed by atoms with Gasteiger partial charge in [-0.25, -0.2) is 8.78 Å². The summed E-state index contributed by atoms with van der Waals surface area (Å²) in [7, 11) is 0. The molecule has 0 heterocycles. The van der Waals surface area contributed by atoms with Gasteiger partial charge >= 0.3 is 0 Å². The number of Topliss-reactive ketones (excluding diaryl/α,β-unsaturated/α-hetero) is 1. The van der Waals surface area contributed by atoms with E-state index in [0.29, 0.717) is 0 Å². The summed E-state index contributed by atoms with van der Waals surface area (Å²) < 4.78 is 28.7. The second kappa shape index (κ2) is 5.81. The number of nitriles is 1. The predicted octanol–water partition coefficient (Wildman–Crippen LogP) is 2.43. The number of benzene rings is 1. The van der Waals surface area contributed by atoms with Gasteiger partial charge in [0.25, 0.3) is 6.43 Å². The summed E-state index contributed by atoms with van der Waals surface area (Å²) in [5, 5.41) is 8.38. The van der Waals surface area contributed by atoms with Crippen LogP contribution in [0.1, 0.15) is 16.8 Å². The van der Waals surface area contributed by atoms with E-state index in [1.54, 1.807) is 18.2 Å². The zero-order valence-corrected chi connectivity index (χ0v) is 8.32. The van der Waals surface area contributed by atoms with Crippen LogP contribution in [0.15, 0.2) is 24.3 Å². The van der Waals surface area contributed by atoms with Crippen molar-refractivity contribution in [2.45, 2.75) is 12.8 Å². The predicted molar refractivity (Wildman–Crippen MR) is 52.5 cm³/mol. The lowest BCUT2D eigenvalue weighted by atomic mass is 10.1. The summed E-state index contributed by atoms with van der Waals surface area (Å²) in [6, 6.07) is 7.73. The standard InChI is InChI=1S/C11H9F2NO2/c12-11(13)7-16-10-4-2-1-3-8(10)9(15)5-6-14/h1-4,11H,5,7H2. The van der Waals surface area contributed by atoms with Crippen LogP contribution >= 0.6 is 0 Å². The Kier molecular flexibility index (Phi) is 4.40. The maximum absolute atomic E-state index is 11.9. The highest BCUT2D eigenvalue weighted by Gasteiger charge is 2.13. The molecule has 84 valence electrons. The molecule has 0 bridgehead atoms. The monoisotopic (exact) mass is 225 g/mol. The average molecular weight is 225 g/mol. The molecule has 0 aromatic heterocycles. The van der Waals surface area contributed by atoms with Crippen molar-refractivity contribution in [1.82, 2.24) is 0 Å². The van der Waals surface area contributed by atoms with Crippen LogP contribution in [0, 0.1) is 11.3 Å². The summed E-state index contributed by atoms with van der Waals surface area (Å²) >= 11 is 0. The molecule has 5 heteroatoms. The molecule has 16 heavy (non-hydrogen) atoms. The molecule has 0 atom stereocenters. The second-order valence-electron chi connectivity index (χ2n) is 2.96. The number of ketones is 1. The lowest BCUT2D eigenvalue weighted by Crippen LogP contribution is -2.10. The number of halogens is 2. The van der Waals surface area contributed by atoms with E-state index in [9.17, 15) is 13.6 Å². The van der Waals surface area contributed by atoms with E-state index in [4.69, 9.17) is 10.00 Å². The van der Waals surface area contributed by atoms with Gasteiger partial charge in [-0.1, -0.05) is 12.1 Å². The maximum atomic E-state index is 11.9. The average Bonchev–Trinajstić information content (AvgIpc) is 2.27. The topological polar surface area (TPSA) is 50.1 Å². The van der Waals surface area contributed by atoms with Crippen molar-refractivity contribution in [2.24, 2.45) is 0 Å². The molecule has 1 aromatic carbocycles. The van der Waals surface area contributed by atoms with Crippen molar-refractivity contribution < 1.29 is 18.3 Å². The Morgan fingerprint density at radius 1 is 1.44 bits per heavy atom. The van der Waals surface area contributed by atoms with Crippen LogP contribution in [0.3, 0.4) is 0 Å². The van der Waals surface area contributed by atoms with Crippen LogP contribution in [0.5, 0.6) is 5.75 Å². The van der Waals surface area contributed by atoms with Gasteiger partial charge < -0.3 is 4.74 Å². The van der Waals surface area contributed by atoms with E-state index >= 15 is 0 Å². The van der Waals surface area contributed by atoms with Crippen LogP contribution in [-0.2, 0) is 0 Å². The molecular formula is C11H9F2NO2. The second-order valence-corrected chi connectivity index (χ2v) is 2.96. The van der Waals surface area contributed by atoms with Gasteiger partial charge in [-0.05, 0) is 12.1 Å². The van der Waals surface area contributed by atoms with Crippen LogP contribution in [0.25, 0.3) is 0 Å². The van der Waals surface area contributed by atoms with Crippen molar-refractivity contribution >= 4 is 5.78 Å². The van der Waals surface area contributed by atoms with E-state index < -0.39 is 18.8 Å². The van der Waals surface area contributed by atoms with Crippen LogP contribution in [-0.4, -0.2) is 18.8 Å². The number of alkyl halides is 2. The van der Waals surface area contributed by atoms with E-state index in [-0.39, 0.29) is 17.7 Å². The highest BCUT2D eigenvalue weighted by atomic mass is 19.3. The zero-order valence-electron chi connectivity index (χ0n) is 8.32. The Morgan fingerprint density at radius 2 is 2.12 bits per heavy atom. The first-order valence-electron chi connectivity index (χ1n) is 4.55. The fraction of sp³-hybridized carbons (Fsp3) is 0.273. The number of ether oxygens (including phenoxy) is 1. The van der Waals surface area contributed by atoms with Gasteiger partial charge in [-0.3, -0.25) is 4.79 Å². The number of nitrogens with zero attached hydrogens (tertiary/aromatic N) is 1. The van der Waals surface area contributed by atoms with Crippen molar-refractivity contribution in [3.63, 3.8) is 0 Å². The number of carbonyl (C=O) groups excluding carboxylic acids is 1. The van der Waals surface area contributed by atoms with E-state index in [1.807, 2.05) is 0 Å². The Balaban J connectivity index is 2.84. The van der Waals surface area contributed by atoms with Gasteiger partial charge in [0, 0.05) is 0 Å². The van der Waals surface area contributed by atoms with Crippen molar-refractivity contribution in [1.29, 1.82) is 5.26 Å². The summed E-state index contributed by atoms with van der Waals surface area (Å²) in [6.07, 6.45) is -2.89. The molecule has 0 radical (unpaired) electrons. The minimum Gasteiger partial charge on any atom is -0.487 e.